The first-order valence-corrected chi connectivity index (χ1v) is 6.54. The van der Waals surface area contributed by atoms with Gasteiger partial charge in [-0.15, -0.1) is 0 Å². The van der Waals surface area contributed by atoms with Crippen molar-refractivity contribution in [3.63, 3.8) is 0 Å². The Morgan fingerprint density at radius 3 is 2.56 bits per heavy atom. The van der Waals surface area contributed by atoms with Gasteiger partial charge in [-0.25, -0.2) is 4.67 Å². The molecule has 2 unspecified atom stereocenters. The summed E-state index contributed by atoms with van der Waals surface area (Å²) in [5, 5.41) is 0. The highest BCUT2D eigenvalue weighted by Crippen LogP contribution is 2.43. The first-order valence-electron chi connectivity index (χ1n) is 5.41. The summed E-state index contributed by atoms with van der Waals surface area (Å²) in [7, 11) is 6.24. The summed E-state index contributed by atoms with van der Waals surface area (Å²) in [6.45, 7) is 2.62. The van der Waals surface area contributed by atoms with Crippen molar-refractivity contribution in [2.24, 2.45) is 0 Å². The van der Waals surface area contributed by atoms with E-state index in [1.165, 1.54) is 0 Å². The molecule has 96 valence electrons. The highest BCUT2D eigenvalue weighted by molar-refractivity contribution is 7.44. The quantitative estimate of drug-likeness (QED) is 0.671. The molecule has 6 heteroatoms. The van der Waals surface area contributed by atoms with Crippen LogP contribution in [-0.4, -0.2) is 57.9 Å². The van der Waals surface area contributed by atoms with Crippen LogP contribution < -0.4 is 0 Å². The molecule has 1 rings (SSSR count). The number of hydrogen-bond donors (Lipinski definition) is 0. The average Bonchev–Trinajstić information content (AvgIpc) is 2.55. The van der Waals surface area contributed by atoms with E-state index in [0.29, 0.717) is 6.61 Å². The van der Waals surface area contributed by atoms with E-state index < -0.39 is 8.53 Å². The predicted octanol–water partition coefficient (Wildman–Crippen LogP) is 1.63. The molecule has 1 saturated heterocycles. The monoisotopic (exact) mass is 251 g/mol. The lowest BCUT2D eigenvalue weighted by molar-refractivity contribution is -0.0245. The number of methoxy groups -OCH3 is 1. The van der Waals surface area contributed by atoms with Crippen molar-refractivity contribution >= 4 is 8.53 Å². The fourth-order valence-corrected chi connectivity index (χ4v) is 2.81. The molecule has 0 N–H and O–H groups in total. The minimum atomic E-state index is -0.987. The summed E-state index contributed by atoms with van der Waals surface area (Å²) >= 11 is 0. The standard InChI is InChI=1S/C10H22NO4P/c1-8-6-9(10(14-8)7-12-4)15-16(13-5)11(2)3/h8-10H,6-7H2,1-5H3/t8-,9?,10+,16?/m0/s1. The van der Waals surface area contributed by atoms with Crippen LogP contribution in [-0.2, 0) is 18.5 Å². The average molecular weight is 251 g/mol. The second-order valence-electron chi connectivity index (χ2n) is 4.09. The zero-order chi connectivity index (χ0) is 12.1. The van der Waals surface area contributed by atoms with E-state index in [-0.39, 0.29) is 18.3 Å². The third-order valence-corrected chi connectivity index (χ3v) is 3.84. The molecular formula is C10H22NO4P. The van der Waals surface area contributed by atoms with Gasteiger partial charge in [-0.1, -0.05) is 0 Å². The number of ether oxygens (including phenoxy) is 2. The van der Waals surface area contributed by atoms with Crippen LogP contribution in [0.15, 0.2) is 0 Å². The molecule has 1 heterocycles. The van der Waals surface area contributed by atoms with Crippen molar-refractivity contribution in [3.8, 4) is 0 Å². The van der Waals surface area contributed by atoms with E-state index in [1.54, 1.807) is 14.2 Å². The Labute approximate surface area is 99.0 Å². The molecule has 0 aliphatic carbocycles. The minimum absolute atomic E-state index is 0.0140. The Hall–Kier alpha value is 0.230. The van der Waals surface area contributed by atoms with E-state index in [0.717, 1.165) is 6.42 Å². The molecule has 1 fully saturated rings. The fraction of sp³-hybridized carbons (Fsp3) is 1.00. The molecule has 1 aliphatic rings. The third kappa shape index (κ3) is 3.91. The van der Waals surface area contributed by atoms with Gasteiger partial charge in [0.15, 0.2) is 0 Å². The maximum atomic E-state index is 5.92. The molecule has 4 atom stereocenters. The van der Waals surface area contributed by atoms with Gasteiger partial charge < -0.3 is 18.5 Å². The van der Waals surface area contributed by atoms with Gasteiger partial charge in [0, 0.05) is 20.6 Å². The maximum Gasteiger partial charge on any atom is 0.258 e. The lowest BCUT2D eigenvalue weighted by Gasteiger charge is -2.26. The Bertz CT molecular complexity index is 205. The smallest absolute Gasteiger partial charge is 0.258 e. The molecule has 16 heavy (non-hydrogen) atoms. The summed E-state index contributed by atoms with van der Waals surface area (Å²) in [6.07, 6.45) is 1.19. The van der Waals surface area contributed by atoms with Gasteiger partial charge >= 0.3 is 0 Å². The van der Waals surface area contributed by atoms with E-state index >= 15 is 0 Å². The first kappa shape index (κ1) is 14.3. The van der Waals surface area contributed by atoms with Crippen molar-refractivity contribution in [1.82, 2.24) is 4.67 Å². The maximum absolute atomic E-state index is 5.92. The molecule has 0 aromatic heterocycles. The van der Waals surface area contributed by atoms with Crippen molar-refractivity contribution in [1.29, 1.82) is 0 Å². The van der Waals surface area contributed by atoms with E-state index in [4.69, 9.17) is 18.5 Å². The largest absolute Gasteiger partial charge is 0.382 e. The van der Waals surface area contributed by atoms with Crippen molar-refractivity contribution in [3.05, 3.63) is 0 Å². The van der Waals surface area contributed by atoms with Gasteiger partial charge in [-0.2, -0.15) is 0 Å². The normalized spacial score (nSPS) is 32.2. The second kappa shape index (κ2) is 6.84. The molecule has 1 aliphatic heterocycles. The Morgan fingerprint density at radius 2 is 2.06 bits per heavy atom. The molecule has 0 amide bonds. The van der Waals surface area contributed by atoms with E-state index in [2.05, 4.69) is 6.92 Å². The van der Waals surface area contributed by atoms with Crippen molar-refractivity contribution < 1.29 is 18.5 Å². The van der Waals surface area contributed by atoms with Crippen LogP contribution in [0, 0.1) is 0 Å². The van der Waals surface area contributed by atoms with Gasteiger partial charge in [-0.05, 0) is 21.0 Å². The zero-order valence-corrected chi connectivity index (χ0v) is 11.6. The van der Waals surface area contributed by atoms with Crippen LogP contribution >= 0.6 is 8.53 Å². The highest BCUT2D eigenvalue weighted by Gasteiger charge is 2.36. The van der Waals surface area contributed by atoms with Crippen LogP contribution in [0.4, 0.5) is 0 Å². The summed E-state index contributed by atoms with van der Waals surface area (Å²) < 4.78 is 24.0. The predicted molar refractivity (Wildman–Crippen MR) is 63.3 cm³/mol. The molecule has 0 spiro atoms. The Balaban J connectivity index is 2.50. The highest BCUT2D eigenvalue weighted by atomic mass is 31.2. The summed E-state index contributed by atoms with van der Waals surface area (Å²) in [5.41, 5.74) is 0. The van der Waals surface area contributed by atoms with Gasteiger partial charge in [0.2, 0.25) is 0 Å². The van der Waals surface area contributed by atoms with Gasteiger partial charge in [0.05, 0.1) is 18.8 Å². The zero-order valence-electron chi connectivity index (χ0n) is 10.7. The summed E-state index contributed by atoms with van der Waals surface area (Å²) in [5.74, 6) is 0. The molecule has 0 bridgehead atoms. The van der Waals surface area contributed by atoms with E-state index in [9.17, 15) is 0 Å². The number of hydrogen-bond acceptors (Lipinski definition) is 5. The Morgan fingerprint density at radius 1 is 1.38 bits per heavy atom. The lowest BCUT2D eigenvalue weighted by atomic mass is 10.1. The molecule has 0 radical (unpaired) electrons. The van der Waals surface area contributed by atoms with Gasteiger partial charge in [0.1, 0.15) is 6.10 Å². The first-order chi connectivity index (χ1) is 7.58. The van der Waals surface area contributed by atoms with E-state index in [1.807, 2.05) is 18.8 Å². The van der Waals surface area contributed by atoms with Crippen molar-refractivity contribution in [2.45, 2.75) is 31.7 Å². The summed E-state index contributed by atoms with van der Waals surface area (Å²) in [6, 6.07) is 0. The van der Waals surface area contributed by atoms with Crippen molar-refractivity contribution in [2.75, 3.05) is 34.9 Å². The van der Waals surface area contributed by atoms with Gasteiger partial charge in [-0.3, -0.25) is 0 Å². The van der Waals surface area contributed by atoms with Crippen LogP contribution in [0.25, 0.3) is 0 Å². The molecular weight excluding hydrogens is 229 g/mol. The van der Waals surface area contributed by atoms with Crippen LogP contribution in [0.3, 0.4) is 0 Å². The van der Waals surface area contributed by atoms with Crippen LogP contribution in [0.5, 0.6) is 0 Å². The third-order valence-electron chi connectivity index (χ3n) is 2.43. The second-order valence-corrected chi connectivity index (χ2v) is 5.94. The lowest BCUT2D eigenvalue weighted by Crippen LogP contribution is -2.29. The number of rotatable bonds is 6. The fourth-order valence-electron chi connectivity index (χ4n) is 1.76. The molecule has 0 saturated carbocycles. The van der Waals surface area contributed by atoms with Crippen LogP contribution in [0.1, 0.15) is 13.3 Å². The molecule has 5 nitrogen and oxygen atoms in total. The molecule has 0 aromatic rings. The Kier molecular flexibility index (Phi) is 6.11. The topological polar surface area (TPSA) is 40.2 Å². The molecule has 0 aromatic carbocycles. The number of nitrogens with zero attached hydrogens (tertiary/aromatic N) is 1. The van der Waals surface area contributed by atoms with Gasteiger partial charge in [0.25, 0.3) is 8.53 Å². The SMILES string of the molecule is COC[C@H]1O[C@@H](C)CC1OP(OC)N(C)C. The summed E-state index contributed by atoms with van der Waals surface area (Å²) in [4.78, 5) is 0. The minimum Gasteiger partial charge on any atom is -0.382 e. The van der Waals surface area contributed by atoms with Crippen LogP contribution in [0.2, 0.25) is 0 Å².